The number of halogens is 1. The number of anilines is 1. The maximum Gasteiger partial charge on any atom is 0.260 e. The van der Waals surface area contributed by atoms with Crippen LogP contribution in [0.2, 0.25) is 0 Å². The van der Waals surface area contributed by atoms with E-state index in [0.29, 0.717) is 29.6 Å². The summed E-state index contributed by atoms with van der Waals surface area (Å²) in [6, 6.07) is 13.1. The number of hydrogen-bond acceptors (Lipinski definition) is 6. The number of nitrogens with zero attached hydrogens (tertiary/aromatic N) is 3. The maximum atomic E-state index is 13.4. The number of fused-ring (bicyclic) bond motifs is 1. The lowest BCUT2D eigenvalue weighted by atomic mass is 10.2. The number of amides is 1. The first-order chi connectivity index (χ1) is 14.6. The third-order valence-electron chi connectivity index (χ3n) is 4.99. The number of carbonyl (C=O) groups excluding carboxylic acids is 1. The van der Waals surface area contributed by atoms with E-state index in [1.807, 2.05) is 43.3 Å². The Balaban J connectivity index is 0.00000341. The van der Waals surface area contributed by atoms with Crippen LogP contribution in [-0.2, 0) is 0 Å². The number of aromatic nitrogens is 1. The van der Waals surface area contributed by atoms with E-state index in [9.17, 15) is 4.79 Å². The number of rotatable bonds is 10. The van der Waals surface area contributed by atoms with Crippen LogP contribution in [0.4, 0.5) is 5.13 Å². The van der Waals surface area contributed by atoms with E-state index in [1.165, 1.54) is 11.3 Å². The molecule has 0 saturated heterocycles. The fourth-order valence-corrected chi connectivity index (χ4v) is 4.26. The Hall–Kier alpha value is -2.35. The average Bonchev–Trinajstić information content (AvgIpc) is 3.19. The molecule has 0 aliphatic carbocycles. The zero-order chi connectivity index (χ0) is 21.5. The molecule has 0 radical (unpaired) electrons. The van der Waals surface area contributed by atoms with Crippen molar-refractivity contribution in [2.75, 3.05) is 44.8 Å². The average molecular weight is 464 g/mol. The monoisotopic (exact) mass is 463 g/mol. The van der Waals surface area contributed by atoms with Crippen molar-refractivity contribution in [3.05, 3.63) is 48.0 Å². The zero-order valence-corrected chi connectivity index (χ0v) is 20.1. The molecular formula is C23H30ClN3O3S. The van der Waals surface area contributed by atoms with Gasteiger partial charge in [-0.2, -0.15) is 0 Å². The van der Waals surface area contributed by atoms with Gasteiger partial charge in [-0.05, 0) is 56.4 Å². The van der Waals surface area contributed by atoms with Gasteiger partial charge in [0.1, 0.15) is 11.5 Å². The van der Waals surface area contributed by atoms with Crippen LogP contribution in [-0.4, -0.2) is 55.7 Å². The molecule has 31 heavy (non-hydrogen) atoms. The summed E-state index contributed by atoms with van der Waals surface area (Å²) in [6.07, 6.45) is 0. The SMILES string of the molecule is CCOc1ccc2nc(N(CCN(CC)CC)C(=O)c3cccc(OC)c3)sc2c1.Cl. The lowest BCUT2D eigenvalue weighted by Crippen LogP contribution is -2.38. The van der Waals surface area contributed by atoms with E-state index < -0.39 is 0 Å². The number of likely N-dealkylation sites (N-methyl/N-ethyl adjacent to an activating group) is 1. The predicted molar refractivity (Wildman–Crippen MR) is 130 cm³/mol. The van der Waals surface area contributed by atoms with Crippen LogP contribution >= 0.6 is 23.7 Å². The highest BCUT2D eigenvalue weighted by molar-refractivity contribution is 7.22. The minimum atomic E-state index is -0.0786. The van der Waals surface area contributed by atoms with Crippen molar-refractivity contribution in [2.45, 2.75) is 20.8 Å². The summed E-state index contributed by atoms with van der Waals surface area (Å²) in [5.74, 6) is 1.40. The number of ether oxygens (including phenoxy) is 2. The van der Waals surface area contributed by atoms with Crippen LogP contribution in [0.15, 0.2) is 42.5 Å². The Bertz CT molecular complexity index is 991. The van der Waals surface area contributed by atoms with Crippen LogP contribution in [0.25, 0.3) is 10.2 Å². The third kappa shape index (κ3) is 6.09. The molecule has 0 atom stereocenters. The summed E-state index contributed by atoms with van der Waals surface area (Å²) in [4.78, 5) is 22.3. The fourth-order valence-electron chi connectivity index (χ4n) is 3.24. The first-order valence-corrected chi connectivity index (χ1v) is 11.1. The van der Waals surface area contributed by atoms with Gasteiger partial charge in [0, 0.05) is 18.7 Å². The van der Waals surface area contributed by atoms with Crippen molar-refractivity contribution in [1.29, 1.82) is 0 Å². The second-order valence-electron chi connectivity index (χ2n) is 6.77. The molecule has 0 unspecified atom stereocenters. The van der Waals surface area contributed by atoms with Crippen LogP contribution in [0.1, 0.15) is 31.1 Å². The summed E-state index contributed by atoms with van der Waals surface area (Å²) < 4.78 is 11.9. The predicted octanol–water partition coefficient (Wildman–Crippen LogP) is 5.11. The number of benzene rings is 2. The highest BCUT2D eigenvalue weighted by Gasteiger charge is 2.22. The Morgan fingerprint density at radius 1 is 1.03 bits per heavy atom. The fraction of sp³-hybridized carbons (Fsp3) is 0.391. The van der Waals surface area contributed by atoms with Gasteiger partial charge in [0.05, 0.1) is 23.9 Å². The van der Waals surface area contributed by atoms with E-state index in [0.717, 1.165) is 35.6 Å². The Kier molecular flexibility index (Phi) is 9.55. The van der Waals surface area contributed by atoms with E-state index >= 15 is 0 Å². The molecule has 2 aromatic carbocycles. The normalized spacial score (nSPS) is 10.7. The second-order valence-corrected chi connectivity index (χ2v) is 7.78. The van der Waals surface area contributed by atoms with Gasteiger partial charge in [0.2, 0.25) is 0 Å². The van der Waals surface area contributed by atoms with Crippen LogP contribution < -0.4 is 14.4 Å². The van der Waals surface area contributed by atoms with Gasteiger partial charge in [0.15, 0.2) is 5.13 Å². The Morgan fingerprint density at radius 2 is 1.81 bits per heavy atom. The van der Waals surface area contributed by atoms with Crippen molar-refractivity contribution >= 4 is 45.0 Å². The molecule has 1 amide bonds. The molecular weight excluding hydrogens is 434 g/mol. The van der Waals surface area contributed by atoms with Gasteiger partial charge in [-0.25, -0.2) is 4.98 Å². The molecule has 0 N–H and O–H groups in total. The van der Waals surface area contributed by atoms with Crippen LogP contribution in [0.3, 0.4) is 0 Å². The van der Waals surface area contributed by atoms with Gasteiger partial charge < -0.3 is 14.4 Å². The zero-order valence-electron chi connectivity index (χ0n) is 18.5. The molecule has 0 spiro atoms. The molecule has 8 heteroatoms. The smallest absolute Gasteiger partial charge is 0.260 e. The first-order valence-electron chi connectivity index (χ1n) is 10.3. The molecule has 1 heterocycles. The molecule has 0 bridgehead atoms. The molecule has 0 aliphatic heterocycles. The summed E-state index contributed by atoms with van der Waals surface area (Å²) >= 11 is 1.51. The number of hydrogen-bond donors (Lipinski definition) is 0. The standard InChI is InChI=1S/C23H29N3O3S.ClH/c1-5-25(6-2)13-14-26(22(27)17-9-8-10-18(15-17)28-4)23-24-20-12-11-19(29-7-3)16-21(20)30-23;/h8-12,15-16H,5-7,13-14H2,1-4H3;1H. The molecule has 0 aliphatic rings. The highest BCUT2D eigenvalue weighted by atomic mass is 35.5. The van der Waals surface area contributed by atoms with E-state index in [-0.39, 0.29) is 18.3 Å². The molecule has 1 aromatic heterocycles. The van der Waals surface area contributed by atoms with E-state index in [4.69, 9.17) is 14.5 Å². The van der Waals surface area contributed by atoms with Crippen molar-refractivity contribution in [3.8, 4) is 11.5 Å². The maximum absolute atomic E-state index is 13.4. The van der Waals surface area contributed by atoms with E-state index in [2.05, 4.69) is 18.7 Å². The summed E-state index contributed by atoms with van der Waals surface area (Å²) in [5.41, 5.74) is 1.45. The van der Waals surface area contributed by atoms with Crippen molar-refractivity contribution in [3.63, 3.8) is 0 Å². The topological polar surface area (TPSA) is 54.9 Å². The van der Waals surface area contributed by atoms with Crippen molar-refractivity contribution in [1.82, 2.24) is 9.88 Å². The van der Waals surface area contributed by atoms with Crippen LogP contribution in [0, 0.1) is 0 Å². The minimum absolute atomic E-state index is 0. The molecule has 3 rings (SSSR count). The highest BCUT2D eigenvalue weighted by Crippen LogP contribution is 2.32. The molecule has 0 saturated carbocycles. The lowest BCUT2D eigenvalue weighted by molar-refractivity contribution is 0.0983. The van der Waals surface area contributed by atoms with Crippen molar-refractivity contribution in [2.24, 2.45) is 0 Å². The molecule has 168 valence electrons. The van der Waals surface area contributed by atoms with Gasteiger partial charge in [-0.15, -0.1) is 12.4 Å². The number of methoxy groups -OCH3 is 1. The first kappa shape index (κ1) is 24.9. The summed E-state index contributed by atoms with van der Waals surface area (Å²) in [6.45, 7) is 10.1. The van der Waals surface area contributed by atoms with Crippen LogP contribution in [0.5, 0.6) is 11.5 Å². The molecule has 0 fully saturated rings. The largest absolute Gasteiger partial charge is 0.497 e. The van der Waals surface area contributed by atoms with Gasteiger partial charge in [-0.1, -0.05) is 31.3 Å². The lowest BCUT2D eigenvalue weighted by Gasteiger charge is -2.24. The van der Waals surface area contributed by atoms with Gasteiger partial charge in [-0.3, -0.25) is 9.69 Å². The number of thiazole rings is 1. The summed E-state index contributed by atoms with van der Waals surface area (Å²) in [7, 11) is 1.60. The molecule has 6 nitrogen and oxygen atoms in total. The Labute approximate surface area is 194 Å². The Morgan fingerprint density at radius 3 is 2.48 bits per heavy atom. The summed E-state index contributed by atoms with van der Waals surface area (Å²) in [5, 5.41) is 0.693. The van der Waals surface area contributed by atoms with E-state index in [1.54, 1.807) is 18.1 Å². The quantitative estimate of drug-likeness (QED) is 0.418. The minimum Gasteiger partial charge on any atom is -0.497 e. The number of carbonyl (C=O) groups is 1. The third-order valence-corrected chi connectivity index (χ3v) is 6.03. The second kappa shape index (κ2) is 11.9. The van der Waals surface area contributed by atoms with Gasteiger partial charge >= 0.3 is 0 Å². The van der Waals surface area contributed by atoms with Crippen molar-refractivity contribution < 1.29 is 14.3 Å². The van der Waals surface area contributed by atoms with Gasteiger partial charge in [0.25, 0.3) is 5.91 Å². The molecule has 3 aromatic rings.